The fourth-order valence-electron chi connectivity index (χ4n) is 7.98. The molecule has 0 spiro atoms. The molecule has 3 aromatic heterocycles. The van der Waals surface area contributed by atoms with Gasteiger partial charge in [0, 0.05) is 47.7 Å². The molecule has 6 heterocycles. The molecule has 304 valence electrons. The number of aliphatic imine (C=N–C) groups is 1. The molecule has 2 fully saturated rings. The lowest BCUT2D eigenvalue weighted by atomic mass is 9.96. The number of nitrogens with zero attached hydrogens (tertiary/aromatic N) is 4. The molecule has 4 aromatic rings. The number of aliphatic hydroxyl groups excluding tert-OH is 1. The third-order valence-electron chi connectivity index (χ3n) is 11.1. The van der Waals surface area contributed by atoms with Crippen molar-refractivity contribution in [1.82, 2.24) is 30.4 Å². The Bertz CT molecular complexity index is 2310. The maximum Gasteiger partial charge on any atom is 0.407 e. The van der Waals surface area contributed by atoms with E-state index in [0.717, 1.165) is 63.9 Å². The number of benzene rings is 1. The number of fused-ring (bicyclic) bond motifs is 1. The summed E-state index contributed by atoms with van der Waals surface area (Å²) in [5, 5.41) is 18.9. The van der Waals surface area contributed by atoms with E-state index in [4.69, 9.17) is 9.73 Å². The van der Waals surface area contributed by atoms with Crippen LogP contribution in [0.1, 0.15) is 88.5 Å². The summed E-state index contributed by atoms with van der Waals surface area (Å²) < 4.78 is 7.08. The highest BCUT2D eigenvalue weighted by Crippen LogP contribution is 2.41. The van der Waals surface area contributed by atoms with E-state index in [9.17, 15) is 24.3 Å². The van der Waals surface area contributed by atoms with E-state index in [-0.39, 0.29) is 35.7 Å². The fraction of sp³-hybridized carbons (Fsp3) is 0.442. The van der Waals surface area contributed by atoms with Crippen LogP contribution in [0.25, 0.3) is 26.1 Å². The Morgan fingerprint density at radius 2 is 1.53 bits per heavy atom. The Hall–Kier alpha value is -5.30. The van der Waals surface area contributed by atoms with Gasteiger partial charge < -0.3 is 35.3 Å². The molecule has 4 N–H and O–H groups in total. The zero-order valence-electron chi connectivity index (χ0n) is 33.3. The van der Waals surface area contributed by atoms with Crippen LogP contribution in [0.4, 0.5) is 4.79 Å². The number of aromatic amines is 1. The largest absolute Gasteiger partial charge is 0.453 e. The monoisotopic (exact) mass is 823 g/mol. The van der Waals surface area contributed by atoms with Crippen LogP contribution >= 0.6 is 22.7 Å². The van der Waals surface area contributed by atoms with E-state index in [1.54, 1.807) is 33.8 Å². The first-order valence-electron chi connectivity index (χ1n) is 19.7. The molecule has 0 radical (unpaired) electrons. The number of hydrogen-bond donors (Lipinski definition) is 4. The predicted molar refractivity (Wildman–Crippen MR) is 226 cm³/mol. The van der Waals surface area contributed by atoms with Crippen molar-refractivity contribution in [3.8, 4) is 23.0 Å². The smallest absolute Gasteiger partial charge is 0.407 e. The summed E-state index contributed by atoms with van der Waals surface area (Å²) >= 11 is 3.34. The number of likely N-dealkylation sites (tertiary alicyclic amines) is 2. The van der Waals surface area contributed by atoms with Crippen LogP contribution in [-0.2, 0) is 19.1 Å². The lowest BCUT2D eigenvalue weighted by molar-refractivity contribution is -0.139. The summed E-state index contributed by atoms with van der Waals surface area (Å²) in [5.41, 5.74) is 7.05. The Labute approximate surface area is 346 Å². The van der Waals surface area contributed by atoms with Gasteiger partial charge in [0.25, 0.3) is 0 Å². The van der Waals surface area contributed by atoms with Gasteiger partial charge in [-0.05, 0) is 60.1 Å². The van der Waals surface area contributed by atoms with Gasteiger partial charge in [0.2, 0.25) is 17.7 Å². The number of rotatable bonds is 11. The zero-order chi connectivity index (χ0) is 41.1. The molecule has 4 amide bonds. The molecule has 1 aromatic carbocycles. The van der Waals surface area contributed by atoms with Gasteiger partial charge >= 0.3 is 6.09 Å². The maximum atomic E-state index is 13.6. The molecule has 2 saturated heterocycles. The van der Waals surface area contributed by atoms with Crippen LogP contribution in [0.5, 0.6) is 0 Å². The van der Waals surface area contributed by atoms with Gasteiger partial charge in [0.15, 0.2) is 0 Å². The number of imidazole rings is 1. The molecule has 0 bridgehead atoms. The highest BCUT2D eigenvalue weighted by atomic mass is 32.1. The van der Waals surface area contributed by atoms with E-state index in [1.165, 1.54) is 11.8 Å². The number of carbonyl (C=O) groups is 4. The van der Waals surface area contributed by atoms with Gasteiger partial charge in [-0.15, -0.1) is 22.7 Å². The highest BCUT2D eigenvalue weighted by molar-refractivity contribution is 7.27. The molecule has 0 aliphatic carbocycles. The van der Waals surface area contributed by atoms with Gasteiger partial charge in [-0.2, -0.15) is 0 Å². The fourth-order valence-corrected chi connectivity index (χ4v) is 10.3. The summed E-state index contributed by atoms with van der Waals surface area (Å²) in [6.45, 7) is 8.10. The molecule has 13 nitrogen and oxygen atoms in total. The van der Waals surface area contributed by atoms with Crippen molar-refractivity contribution >= 4 is 67.2 Å². The summed E-state index contributed by atoms with van der Waals surface area (Å²) in [4.78, 5) is 67.3. The van der Waals surface area contributed by atoms with E-state index in [2.05, 4.69) is 67.5 Å². The van der Waals surface area contributed by atoms with Crippen molar-refractivity contribution in [1.29, 1.82) is 0 Å². The average Bonchev–Trinajstić information content (AvgIpc) is 4.07. The van der Waals surface area contributed by atoms with Gasteiger partial charge in [0.1, 0.15) is 30.2 Å². The third kappa shape index (κ3) is 8.46. The second-order valence-corrected chi connectivity index (χ2v) is 17.4. The lowest BCUT2D eigenvalue weighted by Crippen LogP contribution is -2.53. The summed E-state index contributed by atoms with van der Waals surface area (Å²) in [7, 11) is 1.30. The van der Waals surface area contributed by atoms with Crippen molar-refractivity contribution in [3.05, 3.63) is 70.1 Å². The Kier molecular flexibility index (Phi) is 12.5. The number of aromatic nitrogens is 2. The SMILES string of the molecule is COC(=O)N[C@H](C(=O)N1CCCC1C1=NC=C(c2ccc(-c3csc4c(C#Cc5cnc([C@@H]6CCCN6C(=O)[C@@H](NC(=O)CO)C(C)C)[nH]5)csc34)cc2)C1)C(C)C. The lowest BCUT2D eigenvalue weighted by Gasteiger charge is -2.31. The molecule has 15 heteroatoms. The molecule has 58 heavy (non-hydrogen) atoms. The standard InChI is InChI=1S/C43H49N7O6S2/c1-24(2)36(47-35(52)21-51)41(53)50-17-7-9-34(50)40-45-20-30(46-40)15-14-28-22-57-39-31(23-58-38(28)39)27-12-10-26(11-13-27)29-18-32(44-19-29)33-8-6-16-49(33)42(54)37(25(3)4)48-43(55)56-5/h10-13,19-20,22-25,33-34,36-37,51H,6-9,16-18,21H2,1-5H3,(H,45,46)(H,47,52)(H,48,55)/t33?,34-,36-,37-/m0/s1. The normalized spacial score (nSPS) is 18.9. The van der Waals surface area contributed by atoms with E-state index in [0.29, 0.717) is 31.0 Å². The minimum absolute atomic E-state index is 0.0876. The van der Waals surface area contributed by atoms with Crippen LogP contribution in [-0.4, -0.2) is 99.3 Å². The number of nitrogens with one attached hydrogen (secondary N) is 3. The summed E-state index contributed by atoms with van der Waals surface area (Å²) in [6, 6.07) is 6.81. The number of carbonyl (C=O) groups excluding carboxylic acids is 4. The molecular weight excluding hydrogens is 775 g/mol. The number of methoxy groups -OCH3 is 1. The molecule has 3 aliphatic rings. The number of amides is 4. The maximum absolute atomic E-state index is 13.6. The molecule has 4 atom stereocenters. The Morgan fingerprint density at radius 1 is 0.897 bits per heavy atom. The summed E-state index contributed by atoms with van der Waals surface area (Å²) in [5.74, 6) is 6.16. The Morgan fingerprint density at radius 3 is 2.21 bits per heavy atom. The van der Waals surface area contributed by atoms with Crippen molar-refractivity contribution in [3.63, 3.8) is 0 Å². The molecule has 7 rings (SSSR count). The first-order valence-corrected chi connectivity index (χ1v) is 21.5. The average molecular weight is 824 g/mol. The first-order chi connectivity index (χ1) is 28.0. The highest BCUT2D eigenvalue weighted by Gasteiger charge is 2.39. The quantitative estimate of drug-likeness (QED) is 0.133. The van der Waals surface area contributed by atoms with E-state index >= 15 is 0 Å². The predicted octanol–water partition coefficient (Wildman–Crippen LogP) is 6.11. The molecular formula is C43H49N7O6S2. The van der Waals surface area contributed by atoms with Crippen LogP contribution in [0.2, 0.25) is 0 Å². The first kappa shape index (κ1) is 40.9. The van der Waals surface area contributed by atoms with Crippen LogP contribution in [0.15, 0.2) is 52.4 Å². The number of hydrogen-bond acceptors (Lipinski definition) is 10. The van der Waals surface area contributed by atoms with Gasteiger partial charge in [-0.3, -0.25) is 19.4 Å². The van der Waals surface area contributed by atoms with Crippen molar-refractivity contribution < 1.29 is 29.0 Å². The van der Waals surface area contributed by atoms with E-state index in [1.807, 2.05) is 38.8 Å². The third-order valence-corrected chi connectivity index (χ3v) is 13.2. The summed E-state index contributed by atoms with van der Waals surface area (Å²) in [6.07, 6.45) is 6.97. The van der Waals surface area contributed by atoms with Crippen LogP contribution in [0.3, 0.4) is 0 Å². The van der Waals surface area contributed by atoms with Crippen LogP contribution < -0.4 is 10.6 Å². The van der Waals surface area contributed by atoms with Gasteiger partial charge in [-0.1, -0.05) is 57.9 Å². The van der Waals surface area contributed by atoms with Gasteiger partial charge in [-0.25, -0.2) is 9.78 Å². The minimum Gasteiger partial charge on any atom is -0.453 e. The molecule has 1 unspecified atom stereocenters. The van der Waals surface area contributed by atoms with Gasteiger partial charge in [0.05, 0.1) is 40.4 Å². The Balaban J connectivity index is 0.992. The number of ether oxygens (including phenoxy) is 1. The topological polar surface area (TPSA) is 169 Å². The number of alkyl carbamates (subject to hydrolysis) is 1. The van der Waals surface area contributed by atoms with Crippen molar-refractivity contribution in [2.75, 3.05) is 26.8 Å². The van der Waals surface area contributed by atoms with Crippen molar-refractivity contribution in [2.24, 2.45) is 16.8 Å². The van der Waals surface area contributed by atoms with Crippen molar-refractivity contribution in [2.45, 2.75) is 84.0 Å². The number of allylic oxidation sites excluding steroid dienone is 1. The van der Waals surface area contributed by atoms with Crippen LogP contribution in [0, 0.1) is 23.7 Å². The number of thiophene rings is 2. The minimum atomic E-state index is -0.728. The molecule has 0 saturated carbocycles. The second-order valence-electron chi connectivity index (χ2n) is 15.6. The second kappa shape index (κ2) is 17.7. The number of aliphatic hydroxyl groups is 1. The number of H-pyrrole nitrogens is 1. The van der Waals surface area contributed by atoms with E-state index < -0.39 is 30.7 Å². The molecule has 3 aliphatic heterocycles. The zero-order valence-corrected chi connectivity index (χ0v) is 35.0.